The number of aromatic nitrogens is 2. The molecule has 5 heterocycles. The van der Waals surface area contributed by atoms with E-state index in [0.717, 1.165) is 0 Å². The monoisotopic (exact) mass is 566 g/mol. The Hall–Kier alpha value is -4.03. The Labute approximate surface area is 234 Å². The third-order valence-electron chi connectivity index (χ3n) is 7.78. The van der Waals surface area contributed by atoms with Crippen molar-refractivity contribution in [3.8, 4) is 22.9 Å². The second-order valence-electron chi connectivity index (χ2n) is 11.5. The van der Waals surface area contributed by atoms with E-state index in [1.165, 1.54) is 4.57 Å². The first-order valence-electron chi connectivity index (χ1n) is 13.6. The van der Waals surface area contributed by atoms with Crippen LogP contribution in [0.1, 0.15) is 56.4 Å². The molecule has 11 nitrogen and oxygen atoms in total. The maximum atomic E-state index is 16.0. The van der Waals surface area contributed by atoms with E-state index in [0.29, 0.717) is 22.5 Å². The lowest BCUT2D eigenvalue weighted by molar-refractivity contribution is -0.172. The zero-order chi connectivity index (χ0) is 29.3. The molecule has 3 N–H and O–H groups in total. The van der Waals surface area contributed by atoms with Gasteiger partial charge in [0.2, 0.25) is 5.91 Å². The lowest BCUT2D eigenvalue weighted by Crippen LogP contribution is -2.44. The number of rotatable bonds is 5. The highest BCUT2D eigenvalue weighted by molar-refractivity contribution is 5.92. The maximum Gasteiger partial charge on any atom is 0.343 e. The molecular formula is C29H31FN4O7. The van der Waals surface area contributed by atoms with Crippen molar-refractivity contribution in [3.63, 3.8) is 0 Å². The van der Waals surface area contributed by atoms with Crippen molar-refractivity contribution < 1.29 is 33.3 Å². The second kappa shape index (κ2) is 9.52. The number of nitrogens with zero attached hydrogens (tertiary/aromatic N) is 2. The van der Waals surface area contributed by atoms with Gasteiger partial charge in [-0.3, -0.25) is 9.59 Å². The Morgan fingerprint density at radius 2 is 1.93 bits per heavy atom. The van der Waals surface area contributed by atoms with Gasteiger partial charge >= 0.3 is 5.97 Å². The number of aliphatic hydroxyl groups is 1. The largest absolute Gasteiger partial charge is 0.486 e. The molecule has 0 saturated carbocycles. The van der Waals surface area contributed by atoms with E-state index in [1.54, 1.807) is 19.1 Å². The first-order valence-corrected chi connectivity index (χ1v) is 13.6. The number of esters is 1. The molecule has 12 heteroatoms. The molecule has 0 radical (unpaired) electrons. The van der Waals surface area contributed by atoms with Crippen LogP contribution in [0.5, 0.6) is 11.5 Å². The van der Waals surface area contributed by atoms with Crippen LogP contribution >= 0.6 is 0 Å². The van der Waals surface area contributed by atoms with Crippen LogP contribution in [-0.4, -0.2) is 51.8 Å². The van der Waals surface area contributed by atoms with Gasteiger partial charge in [-0.15, -0.1) is 0 Å². The van der Waals surface area contributed by atoms with Gasteiger partial charge in [0.25, 0.3) is 5.56 Å². The molecule has 2 aromatic heterocycles. The van der Waals surface area contributed by atoms with E-state index < -0.39 is 22.9 Å². The van der Waals surface area contributed by atoms with Crippen LogP contribution in [-0.2, 0) is 39.6 Å². The molecule has 0 saturated heterocycles. The number of benzene rings is 1. The van der Waals surface area contributed by atoms with Crippen molar-refractivity contribution in [1.29, 1.82) is 0 Å². The Bertz CT molecular complexity index is 1690. The minimum Gasteiger partial charge on any atom is -0.486 e. The number of ether oxygens (including phenoxy) is 3. The standard InChI is InChI=1S/C29H31FN4O7/c1-5-29(38)17-8-19-24-15(12-34(19)26(36)16(17)13-41-27(29)37)14(10-31-21(35)11-32-28(2,3)4)22-18(33-24)9-20-25(23(22)30)40-7-6-39-20/h8-9,32,38H,5-7,10-13H2,1-4H3,(H,31,35)/t29-/m0/s1. The summed E-state index contributed by atoms with van der Waals surface area (Å²) in [6.07, 6.45) is 0.00824. The molecule has 216 valence electrons. The number of carbonyl (C=O) groups excluding carboxylic acids is 2. The number of halogens is 1. The fraction of sp³-hybridized carbons (Fsp3) is 0.448. The summed E-state index contributed by atoms with van der Waals surface area (Å²) in [4.78, 5) is 43.7. The molecule has 1 amide bonds. The molecule has 3 aliphatic heterocycles. The van der Waals surface area contributed by atoms with E-state index in [9.17, 15) is 19.5 Å². The van der Waals surface area contributed by atoms with E-state index in [2.05, 4.69) is 10.6 Å². The molecule has 1 atom stereocenters. The van der Waals surface area contributed by atoms with Gasteiger partial charge in [0.05, 0.1) is 35.6 Å². The van der Waals surface area contributed by atoms with Crippen LogP contribution in [0.4, 0.5) is 4.39 Å². The lowest BCUT2D eigenvalue weighted by atomic mass is 9.86. The van der Waals surface area contributed by atoms with Gasteiger partial charge in [0.15, 0.2) is 22.9 Å². The highest BCUT2D eigenvalue weighted by Gasteiger charge is 2.45. The summed E-state index contributed by atoms with van der Waals surface area (Å²) < 4.78 is 33.9. The third kappa shape index (κ3) is 4.32. The van der Waals surface area contributed by atoms with E-state index in [1.807, 2.05) is 20.8 Å². The van der Waals surface area contributed by atoms with Crippen molar-refractivity contribution in [2.75, 3.05) is 19.8 Å². The fourth-order valence-corrected chi connectivity index (χ4v) is 5.57. The van der Waals surface area contributed by atoms with Gasteiger partial charge in [-0.05, 0) is 38.8 Å². The molecule has 6 rings (SSSR count). The van der Waals surface area contributed by atoms with Crippen molar-refractivity contribution in [3.05, 3.63) is 50.6 Å². The minimum atomic E-state index is -1.98. The summed E-state index contributed by atoms with van der Waals surface area (Å²) in [6.45, 7) is 7.70. The number of carbonyl (C=O) groups is 2. The average Bonchev–Trinajstić information content (AvgIpc) is 3.31. The molecule has 1 aromatic carbocycles. The lowest BCUT2D eigenvalue weighted by Gasteiger charge is -2.31. The first-order chi connectivity index (χ1) is 19.4. The van der Waals surface area contributed by atoms with Crippen LogP contribution in [0.15, 0.2) is 16.9 Å². The number of amides is 1. The molecule has 3 aliphatic rings. The topological polar surface area (TPSA) is 141 Å². The first kappa shape index (κ1) is 27.2. The van der Waals surface area contributed by atoms with E-state index in [4.69, 9.17) is 19.2 Å². The molecule has 3 aromatic rings. The summed E-state index contributed by atoms with van der Waals surface area (Å²) in [7, 11) is 0. The van der Waals surface area contributed by atoms with E-state index >= 15 is 4.39 Å². The normalized spacial score (nSPS) is 18.9. The quantitative estimate of drug-likeness (QED) is 0.309. The number of hydrogen-bond acceptors (Lipinski definition) is 9. The average molecular weight is 567 g/mol. The van der Waals surface area contributed by atoms with Crippen LogP contribution in [0.2, 0.25) is 0 Å². The summed E-state index contributed by atoms with van der Waals surface area (Å²) in [5, 5.41) is 17.3. The highest BCUT2D eigenvalue weighted by Crippen LogP contribution is 2.44. The van der Waals surface area contributed by atoms with Crippen molar-refractivity contribution >= 4 is 22.8 Å². The summed E-state index contributed by atoms with van der Waals surface area (Å²) in [5.74, 6) is -1.59. The highest BCUT2D eigenvalue weighted by atomic mass is 19.1. The summed E-state index contributed by atoms with van der Waals surface area (Å²) in [5.41, 5.74) is -0.312. The molecule has 0 aliphatic carbocycles. The molecule has 0 bridgehead atoms. The summed E-state index contributed by atoms with van der Waals surface area (Å²) >= 11 is 0. The van der Waals surface area contributed by atoms with Gasteiger partial charge in [-0.2, -0.15) is 0 Å². The smallest absolute Gasteiger partial charge is 0.343 e. The number of hydrogen-bond donors (Lipinski definition) is 3. The van der Waals surface area contributed by atoms with Gasteiger partial charge in [-0.1, -0.05) is 6.92 Å². The Kier molecular flexibility index (Phi) is 6.31. The van der Waals surface area contributed by atoms with Crippen molar-refractivity contribution in [2.45, 2.75) is 65.0 Å². The van der Waals surface area contributed by atoms with Gasteiger partial charge in [-0.25, -0.2) is 14.2 Å². The minimum absolute atomic E-state index is 0.00824. The van der Waals surface area contributed by atoms with Crippen LogP contribution in [0.3, 0.4) is 0 Å². The van der Waals surface area contributed by atoms with Crippen molar-refractivity contribution in [2.24, 2.45) is 0 Å². The van der Waals surface area contributed by atoms with Gasteiger partial charge in [0, 0.05) is 34.7 Å². The van der Waals surface area contributed by atoms with Crippen LogP contribution in [0.25, 0.3) is 22.3 Å². The number of pyridine rings is 2. The van der Waals surface area contributed by atoms with Gasteiger partial charge in [0.1, 0.15) is 19.8 Å². The SMILES string of the molecule is CC[C@@]1(O)C(=O)OCc2c1cc1n(c2=O)Cc2c-1nc1cc3c(c(F)c1c2CNC(=O)CNC(C)(C)C)OCCO3. The molecule has 0 unspecified atom stereocenters. The zero-order valence-electron chi connectivity index (χ0n) is 23.3. The Morgan fingerprint density at radius 3 is 2.66 bits per heavy atom. The van der Waals surface area contributed by atoms with Crippen LogP contribution in [0, 0.1) is 5.82 Å². The van der Waals surface area contributed by atoms with Crippen LogP contribution < -0.4 is 25.7 Å². The Balaban J connectivity index is 1.53. The number of nitrogens with one attached hydrogen (secondary N) is 2. The molecule has 0 fully saturated rings. The second-order valence-corrected chi connectivity index (χ2v) is 11.5. The summed E-state index contributed by atoms with van der Waals surface area (Å²) in [6, 6.07) is 3.17. The van der Waals surface area contributed by atoms with Crippen molar-refractivity contribution in [1.82, 2.24) is 20.2 Å². The van der Waals surface area contributed by atoms with E-state index in [-0.39, 0.29) is 90.9 Å². The van der Waals surface area contributed by atoms with Gasteiger partial charge < -0.3 is 34.5 Å². The molecule has 41 heavy (non-hydrogen) atoms. The number of cyclic esters (lactones) is 1. The molecular weight excluding hydrogens is 535 g/mol. The Morgan fingerprint density at radius 1 is 1.17 bits per heavy atom. The predicted molar refractivity (Wildman–Crippen MR) is 145 cm³/mol. The zero-order valence-corrected chi connectivity index (χ0v) is 23.3. The maximum absolute atomic E-state index is 16.0. The fourth-order valence-electron chi connectivity index (χ4n) is 5.57. The molecule has 0 spiro atoms. The number of fused-ring (bicyclic) bond motifs is 6. The third-order valence-corrected chi connectivity index (χ3v) is 7.78. The predicted octanol–water partition coefficient (Wildman–Crippen LogP) is 1.99.